The van der Waals surface area contributed by atoms with Crippen LogP contribution in [0.1, 0.15) is 6.92 Å². The van der Waals surface area contributed by atoms with Crippen LogP contribution in [0.15, 0.2) is 21.6 Å². The second-order valence-electron chi connectivity index (χ2n) is 4.23. The van der Waals surface area contributed by atoms with E-state index < -0.39 is 10.0 Å². The Morgan fingerprint density at radius 3 is 2.72 bits per heavy atom. The van der Waals surface area contributed by atoms with E-state index in [-0.39, 0.29) is 16.1 Å². The largest absolute Gasteiger partial charge is 0.308 e. The average Bonchev–Trinajstić information content (AvgIpc) is 2.19. The van der Waals surface area contributed by atoms with Crippen LogP contribution >= 0.6 is 27.5 Å². The number of likely N-dealkylation sites (N-methyl/N-ethyl adjacent to an activating group) is 1. The Bertz CT molecular complexity index is 522. The van der Waals surface area contributed by atoms with Crippen LogP contribution in [0, 0.1) is 0 Å². The predicted octanol–water partition coefficient (Wildman–Crippen LogP) is 1.73. The Morgan fingerprint density at radius 2 is 2.17 bits per heavy atom. The van der Waals surface area contributed by atoms with Gasteiger partial charge in [0.2, 0.25) is 10.0 Å². The topological polar surface area (TPSA) is 62.3 Å². The fourth-order valence-corrected chi connectivity index (χ4v) is 3.68. The third-order valence-electron chi connectivity index (χ3n) is 2.06. The quantitative estimate of drug-likeness (QED) is 0.816. The van der Waals surface area contributed by atoms with E-state index in [4.69, 9.17) is 11.6 Å². The van der Waals surface area contributed by atoms with Gasteiger partial charge in [-0.1, -0.05) is 11.6 Å². The van der Waals surface area contributed by atoms with Crippen molar-refractivity contribution in [3.8, 4) is 0 Å². The average molecular weight is 357 g/mol. The molecule has 0 amide bonds. The SMILES string of the molecule is CC(CN(C)C)NS(=O)(=O)c1cc(Br)cnc1Cl. The summed E-state index contributed by atoms with van der Waals surface area (Å²) in [5, 5.41) is -0.0391. The third-order valence-corrected chi connectivity index (χ3v) is 4.51. The van der Waals surface area contributed by atoms with Gasteiger partial charge in [0.25, 0.3) is 0 Å². The van der Waals surface area contributed by atoms with Crippen LogP contribution in [-0.4, -0.2) is 45.0 Å². The number of nitrogens with one attached hydrogen (secondary N) is 1. The van der Waals surface area contributed by atoms with Crippen molar-refractivity contribution in [1.82, 2.24) is 14.6 Å². The van der Waals surface area contributed by atoms with Crippen LogP contribution < -0.4 is 4.72 Å². The van der Waals surface area contributed by atoms with Gasteiger partial charge in [-0.15, -0.1) is 0 Å². The normalized spacial score (nSPS) is 13.9. The van der Waals surface area contributed by atoms with E-state index in [1.807, 2.05) is 19.0 Å². The summed E-state index contributed by atoms with van der Waals surface area (Å²) < 4.78 is 27.4. The maximum Gasteiger partial charge on any atom is 0.243 e. The Labute approximate surface area is 121 Å². The lowest BCUT2D eigenvalue weighted by atomic mass is 10.3. The molecule has 1 unspecified atom stereocenters. The first kappa shape index (κ1) is 15.8. The van der Waals surface area contributed by atoms with Crippen LogP contribution in [0.4, 0.5) is 0 Å². The van der Waals surface area contributed by atoms with Gasteiger partial charge >= 0.3 is 0 Å². The van der Waals surface area contributed by atoms with Gasteiger partial charge in [0.15, 0.2) is 0 Å². The van der Waals surface area contributed by atoms with Gasteiger partial charge in [0.1, 0.15) is 10.0 Å². The number of aromatic nitrogens is 1. The standard InChI is InChI=1S/C10H15BrClN3O2S/c1-7(6-15(2)3)14-18(16,17)9-4-8(11)5-13-10(9)12/h4-5,7,14H,6H2,1-3H3. The molecule has 0 radical (unpaired) electrons. The first-order chi connectivity index (χ1) is 8.22. The molecule has 102 valence electrons. The molecule has 5 nitrogen and oxygen atoms in total. The van der Waals surface area contributed by atoms with Crippen molar-refractivity contribution in [3.05, 3.63) is 21.9 Å². The maximum atomic E-state index is 12.1. The lowest BCUT2D eigenvalue weighted by Crippen LogP contribution is -2.39. The number of sulfonamides is 1. The molecule has 1 heterocycles. The molecular formula is C10H15BrClN3O2S. The molecule has 0 fully saturated rings. The molecule has 0 saturated heterocycles. The van der Waals surface area contributed by atoms with E-state index in [2.05, 4.69) is 25.6 Å². The fraction of sp³-hybridized carbons (Fsp3) is 0.500. The van der Waals surface area contributed by atoms with Gasteiger partial charge in [-0.2, -0.15) is 0 Å². The molecule has 8 heteroatoms. The van der Waals surface area contributed by atoms with Crippen LogP contribution in [0.5, 0.6) is 0 Å². The van der Waals surface area contributed by atoms with Crippen molar-refractivity contribution >= 4 is 37.6 Å². The highest BCUT2D eigenvalue weighted by Gasteiger charge is 2.21. The highest BCUT2D eigenvalue weighted by atomic mass is 79.9. The molecule has 18 heavy (non-hydrogen) atoms. The zero-order chi connectivity index (χ0) is 13.9. The lowest BCUT2D eigenvalue weighted by Gasteiger charge is -2.18. The number of halogens is 2. The maximum absolute atomic E-state index is 12.1. The number of nitrogens with zero attached hydrogens (tertiary/aromatic N) is 2. The molecule has 0 aliphatic rings. The fourth-order valence-electron chi connectivity index (χ4n) is 1.51. The second-order valence-corrected chi connectivity index (χ2v) is 7.18. The van der Waals surface area contributed by atoms with Crippen molar-refractivity contribution in [2.45, 2.75) is 17.9 Å². The van der Waals surface area contributed by atoms with Crippen LogP contribution in [0.2, 0.25) is 5.15 Å². The Balaban J connectivity index is 2.96. The van der Waals surface area contributed by atoms with Gasteiger partial charge in [0.05, 0.1) is 0 Å². The summed E-state index contributed by atoms with van der Waals surface area (Å²) in [6, 6.07) is 1.21. The molecular weight excluding hydrogens is 342 g/mol. The minimum Gasteiger partial charge on any atom is -0.308 e. The second kappa shape index (κ2) is 6.29. The van der Waals surface area contributed by atoms with Crippen LogP contribution in [0.25, 0.3) is 0 Å². The molecule has 1 atom stereocenters. The van der Waals surface area contributed by atoms with Gasteiger partial charge in [-0.3, -0.25) is 0 Å². The third kappa shape index (κ3) is 4.47. The zero-order valence-electron chi connectivity index (χ0n) is 10.3. The van der Waals surface area contributed by atoms with E-state index >= 15 is 0 Å². The minimum atomic E-state index is -3.66. The molecule has 1 aromatic rings. The van der Waals surface area contributed by atoms with E-state index in [9.17, 15) is 8.42 Å². The van der Waals surface area contributed by atoms with E-state index in [1.54, 1.807) is 6.92 Å². The summed E-state index contributed by atoms with van der Waals surface area (Å²) in [7, 11) is 0.0875. The first-order valence-electron chi connectivity index (χ1n) is 5.20. The number of pyridine rings is 1. The van der Waals surface area contributed by atoms with Crippen LogP contribution in [-0.2, 0) is 10.0 Å². The van der Waals surface area contributed by atoms with Crippen molar-refractivity contribution in [2.24, 2.45) is 0 Å². The van der Waals surface area contributed by atoms with E-state index in [0.29, 0.717) is 11.0 Å². The van der Waals surface area contributed by atoms with E-state index in [0.717, 1.165) is 0 Å². The number of hydrogen-bond acceptors (Lipinski definition) is 4. The number of hydrogen-bond donors (Lipinski definition) is 1. The monoisotopic (exact) mass is 355 g/mol. The molecule has 0 aliphatic carbocycles. The Kier molecular flexibility index (Phi) is 5.54. The molecule has 0 saturated carbocycles. The molecule has 0 spiro atoms. The number of rotatable bonds is 5. The van der Waals surface area contributed by atoms with E-state index in [1.165, 1.54) is 12.3 Å². The summed E-state index contributed by atoms with van der Waals surface area (Å²) in [6.07, 6.45) is 1.45. The lowest BCUT2D eigenvalue weighted by molar-refractivity contribution is 0.370. The summed E-state index contributed by atoms with van der Waals surface area (Å²) in [6.45, 7) is 2.38. The van der Waals surface area contributed by atoms with Gasteiger partial charge in [-0.05, 0) is 43.0 Å². The van der Waals surface area contributed by atoms with Gasteiger partial charge in [-0.25, -0.2) is 18.1 Å². The van der Waals surface area contributed by atoms with Crippen molar-refractivity contribution in [1.29, 1.82) is 0 Å². The first-order valence-corrected chi connectivity index (χ1v) is 7.86. The molecule has 0 bridgehead atoms. The van der Waals surface area contributed by atoms with Crippen molar-refractivity contribution < 1.29 is 8.42 Å². The minimum absolute atomic E-state index is 0.0239. The van der Waals surface area contributed by atoms with Gasteiger partial charge in [0, 0.05) is 23.3 Å². The molecule has 1 aromatic heterocycles. The molecule has 0 aromatic carbocycles. The summed E-state index contributed by atoms with van der Waals surface area (Å²) >= 11 is 8.98. The van der Waals surface area contributed by atoms with Crippen molar-refractivity contribution in [3.63, 3.8) is 0 Å². The molecule has 1 N–H and O–H groups in total. The molecule has 0 aliphatic heterocycles. The highest BCUT2D eigenvalue weighted by Crippen LogP contribution is 2.22. The zero-order valence-corrected chi connectivity index (χ0v) is 13.5. The Morgan fingerprint density at radius 1 is 1.56 bits per heavy atom. The molecule has 1 rings (SSSR count). The summed E-state index contributed by atoms with van der Waals surface area (Å²) in [5.74, 6) is 0. The van der Waals surface area contributed by atoms with Crippen LogP contribution in [0.3, 0.4) is 0 Å². The summed E-state index contributed by atoms with van der Waals surface area (Å²) in [5.41, 5.74) is 0. The smallest absolute Gasteiger partial charge is 0.243 e. The highest BCUT2D eigenvalue weighted by molar-refractivity contribution is 9.10. The predicted molar refractivity (Wildman–Crippen MR) is 75.3 cm³/mol. The summed E-state index contributed by atoms with van der Waals surface area (Å²) in [4.78, 5) is 5.67. The van der Waals surface area contributed by atoms with Gasteiger partial charge < -0.3 is 4.90 Å². The van der Waals surface area contributed by atoms with Crippen molar-refractivity contribution in [2.75, 3.05) is 20.6 Å². The Hall–Kier alpha value is -0.210.